The summed E-state index contributed by atoms with van der Waals surface area (Å²) in [5.41, 5.74) is 13.2. The number of nitrogens with zero attached hydrogens (tertiary/aromatic N) is 7. The first-order chi connectivity index (χ1) is 20.9. The Bertz CT molecular complexity index is 1840. The van der Waals surface area contributed by atoms with Crippen LogP contribution in [0.3, 0.4) is 0 Å². The zero-order chi connectivity index (χ0) is 31.0. The highest BCUT2D eigenvalue weighted by Crippen LogP contribution is 2.54. The van der Waals surface area contributed by atoms with Gasteiger partial charge in [-0.1, -0.05) is 0 Å². The highest BCUT2D eigenvalue weighted by atomic mass is 32.5. The molecule has 3 fully saturated rings. The topological polar surface area (TPSA) is 219 Å². The van der Waals surface area contributed by atoms with Crippen molar-refractivity contribution in [2.45, 2.75) is 49.2 Å². The lowest BCUT2D eigenvalue weighted by Crippen LogP contribution is -2.34. The fourth-order valence-electron chi connectivity index (χ4n) is 5.16. The van der Waals surface area contributed by atoms with Crippen LogP contribution in [-0.2, 0) is 43.9 Å². The van der Waals surface area contributed by atoms with Crippen molar-refractivity contribution in [3.63, 3.8) is 0 Å². The summed E-state index contributed by atoms with van der Waals surface area (Å²) in [7, 11) is -5.11. The number of halogens is 2. The first-order valence-electron chi connectivity index (χ1n) is 12.6. The van der Waals surface area contributed by atoms with Gasteiger partial charge in [-0.15, -0.1) is 0 Å². The molecule has 0 aromatic carbocycles. The van der Waals surface area contributed by atoms with Gasteiger partial charge < -0.3 is 44.0 Å². The number of ether oxygens (including phenoxy) is 2. The number of hydrogen-bond donors (Lipinski definition) is 3. The molecule has 17 nitrogen and oxygen atoms in total. The van der Waals surface area contributed by atoms with Crippen LogP contribution in [0.2, 0.25) is 0 Å². The summed E-state index contributed by atoms with van der Waals surface area (Å²) in [6.07, 6.45) is -6.86. The number of alkyl halides is 2. The molecule has 44 heavy (non-hydrogen) atoms. The van der Waals surface area contributed by atoms with E-state index in [1.165, 1.54) is 34.3 Å². The first-order valence-corrected chi connectivity index (χ1v) is 16.3. The number of aromatic nitrogens is 7. The zero-order valence-electron chi connectivity index (χ0n) is 21.6. The predicted octanol–water partition coefficient (Wildman–Crippen LogP) is 0.414. The van der Waals surface area contributed by atoms with Crippen LogP contribution in [0.25, 0.3) is 22.3 Å². The van der Waals surface area contributed by atoms with Gasteiger partial charge >= 0.3 is 6.72 Å². The molecule has 3 unspecified atom stereocenters. The van der Waals surface area contributed by atoms with Gasteiger partial charge in [-0.2, -0.15) is 0 Å². The van der Waals surface area contributed by atoms with Crippen LogP contribution < -0.4 is 11.5 Å². The minimum atomic E-state index is -4.24. The third-order valence-electron chi connectivity index (χ3n) is 7.17. The maximum Gasteiger partial charge on any atom is 0.325 e. The number of hydrogen-bond acceptors (Lipinski definition) is 15. The Labute approximate surface area is 252 Å². The highest BCUT2D eigenvalue weighted by Gasteiger charge is 2.53. The number of fused-ring (bicyclic) bond motifs is 5. The van der Waals surface area contributed by atoms with Gasteiger partial charge in [0, 0.05) is 6.20 Å². The van der Waals surface area contributed by atoms with E-state index in [9.17, 15) is 9.46 Å². The standard InChI is InChI=1S/C21H25BF2N9O8P2S/c22-42(34)36-4-10-15(12(24)20(39-10)32-7-31-14-17(26)28-5-29-19(14)32)41-43(35,44)37-3-9-11(23)16(40-42)21(38-9)33-6-30-13-8(25)1-2-27-18(13)33/h1-2,5-7,9-12,15-16,20-21H,3-4H2,22H3,(H2,25,27)(H,35,44)(H2,26,28,29)/q-1/t9-,10-,11?,12-,15-,16-,20-,21-,42?,43?/m1/s1. The Kier molecular flexibility index (Phi) is 7.48. The summed E-state index contributed by atoms with van der Waals surface area (Å²) in [5.74, 6) is 0.0748. The van der Waals surface area contributed by atoms with Crippen molar-refractivity contribution in [2.24, 2.45) is 0 Å². The molecule has 7 heterocycles. The summed E-state index contributed by atoms with van der Waals surface area (Å²) in [6.45, 7) is -5.35. The Morgan fingerprint density at radius 1 is 0.909 bits per heavy atom. The lowest BCUT2D eigenvalue weighted by Gasteiger charge is -2.29. The Hall–Kier alpha value is -2.71. The number of nitrogen functional groups attached to an aromatic ring is 2. The molecule has 3 saturated heterocycles. The minimum absolute atomic E-state index is 0.0748. The molecule has 4 aromatic heterocycles. The quantitative estimate of drug-likeness (QED) is 0.194. The Morgan fingerprint density at radius 3 is 2.39 bits per heavy atom. The Morgan fingerprint density at radius 2 is 1.59 bits per heavy atom. The molecule has 236 valence electrons. The van der Waals surface area contributed by atoms with E-state index in [2.05, 4.69) is 24.9 Å². The van der Waals surface area contributed by atoms with Crippen LogP contribution >= 0.6 is 14.2 Å². The third kappa shape index (κ3) is 5.20. The van der Waals surface area contributed by atoms with Gasteiger partial charge in [0.1, 0.15) is 49.3 Å². The fraction of sp³-hybridized carbons (Fsp3) is 0.476. The largest absolute Gasteiger partial charge is 0.397 e. The van der Waals surface area contributed by atoms with E-state index in [1.54, 1.807) is 6.07 Å². The van der Waals surface area contributed by atoms with Crippen molar-refractivity contribution >= 4 is 67.4 Å². The van der Waals surface area contributed by atoms with Crippen LogP contribution in [0.1, 0.15) is 12.5 Å². The number of imidazole rings is 2. The molecule has 0 saturated carbocycles. The molecule has 3 aliphatic heterocycles. The molecular formula is C21H25BF2N9O8P2S-. The van der Waals surface area contributed by atoms with Crippen molar-refractivity contribution in [1.82, 2.24) is 34.1 Å². The highest BCUT2D eigenvalue weighted by molar-refractivity contribution is 8.07. The minimum Gasteiger partial charge on any atom is -0.397 e. The maximum atomic E-state index is 16.0. The fourth-order valence-corrected chi connectivity index (χ4v) is 7.34. The van der Waals surface area contributed by atoms with Crippen LogP contribution in [0, 0.1) is 0 Å². The van der Waals surface area contributed by atoms with E-state index < -0.39 is 84.2 Å². The van der Waals surface area contributed by atoms with Crippen LogP contribution in [0.4, 0.5) is 20.3 Å². The monoisotopic (exact) mass is 674 g/mol. The second kappa shape index (κ2) is 11.0. The van der Waals surface area contributed by atoms with Crippen molar-refractivity contribution in [2.75, 3.05) is 24.7 Å². The summed E-state index contributed by atoms with van der Waals surface area (Å²) < 4.78 is 82.7. The van der Waals surface area contributed by atoms with E-state index in [4.69, 9.17) is 50.8 Å². The van der Waals surface area contributed by atoms with Crippen LogP contribution in [-0.4, -0.2) is 96.5 Å². The molecule has 7 rings (SSSR count). The SMILES string of the molecule is [BH3-]P1(=O)OC[C@H]2O[C@@H](n3cnc4c(N)ncnc43)[C@H](F)[C@@H]2OP(O)(=S)OC[C@H]2O[C@@H](n3cnc4c(N)ccnc43)[C@H](O1)C2F. The molecule has 4 aromatic rings. The smallest absolute Gasteiger partial charge is 0.325 e. The second-order valence-corrected chi connectivity index (χ2v) is 13.5. The average molecular weight is 674 g/mol. The van der Waals surface area contributed by atoms with Gasteiger partial charge in [0.25, 0.3) is 0 Å². The van der Waals surface area contributed by atoms with Crippen LogP contribution in [0.15, 0.2) is 31.2 Å². The van der Waals surface area contributed by atoms with E-state index in [1.807, 2.05) is 0 Å². The summed E-state index contributed by atoms with van der Waals surface area (Å²) >= 11 is 5.17. The molecular weight excluding hydrogens is 649 g/mol. The van der Waals surface area contributed by atoms with Crippen molar-refractivity contribution < 1.29 is 45.8 Å². The lowest BCUT2D eigenvalue weighted by atomic mass is 10.1. The number of anilines is 2. The van der Waals surface area contributed by atoms with Crippen molar-refractivity contribution in [3.05, 3.63) is 31.2 Å². The summed E-state index contributed by atoms with van der Waals surface area (Å²) in [5, 5.41) is 0. The molecule has 0 amide bonds. The molecule has 5 N–H and O–H groups in total. The van der Waals surface area contributed by atoms with Gasteiger partial charge in [0.15, 0.2) is 41.9 Å². The van der Waals surface area contributed by atoms with E-state index in [0.29, 0.717) is 11.2 Å². The number of pyridine rings is 1. The predicted molar refractivity (Wildman–Crippen MR) is 155 cm³/mol. The molecule has 10 atom stereocenters. The van der Waals surface area contributed by atoms with E-state index >= 15 is 8.78 Å². The summed E-state index contributed by atoms with van der Waals surface area (Å²) in [4.78, 5) is 31.6. The van der Waals surface area contributed by atoms with Gasteiger partial charge in [0.05, 0.1) is 39.1 Å². The first kappa shape index (κ1) is 30.0. The molecule has 0 spiro atoms. The molecule has 3 aliphatic rings. The summed E-state index contributed by atoms with van der Waals surface area (Å²) in [6, 6.07) is 1.55. The van der Waals surface area contributed by atoms with Gasteiger partial charge in [-0.05, 0) is 17.9 Å². The molecule has 2 bridgehead atoms. The molecule has 23 heteroatoms. The molecule has 0 radical (unpaired) electrons. The lowest BCUT2D eigenvalue weighted by molar-refractivity contribution is -0.0580. The van der Waals surface area contributed by atoms with E-state index in [-0.39, 0.29) is 22.6 Å². The zero-order valence-corrected chi connectivity index (χ0v) is 24.2. The van der Waals surface area contributed by atoms with E-state index in [0.717, 1.165) is 0 Å². The molecule has 0 aliphatic carbocycles. The normalized spacial score (nSPS) is 38.3. The van der Waals surface area contributed by atoms with Gasteiger partial charge in [-0.3, -0.25) is 13.7 Å². The average Bonchev–Trinajstić information content (AvgIpc) is 3.73. The maximum absolute atomic E-state index is 16.0. The number of rotatable bonds is 2. The third-order valence-corrected chi connectivity index (χ3v) is 9.50. The second-order valence-electron chi connectivity index (χ2n) is 9.75. The van der Waals surface area contributed by atoms with Crippen molar-refractivity contribution in [1.29, 1.82) is 0 Å². The van der Waals surface area contributed by atoms with Gasteiger partial charge in [0.2, 0.25) is 0 Å². The number of nitrogens with two attached hydrogens (primary N) is 2. The van der Waals surface area contributed by atoms with Crippen LogP contribution in [0.5, 0.6) is 0 Å². The Balaban J connectivity index is 1.20. The van der Waals surface area contributed by atoms with Crippen molar-refractivity contribution in [3.8, 4) is 0 Å². The van der Waals surface area contributed by atoms with Gasteiger partial charge in [-0.25, -0.2) is 33.7 Å².